The van der Waals surface area contributed by atoms with E-state index >= 15 is 0 Å². The first-order chi connectivity index (χ1) is 17.4. The number of thiophene rings is 1. The Morgan fingerprint density at radius 3 is 2.83 bits per heavy atom. The number of furan rings is 1. The van der Waals surface area contributed by atoms with Crippen LogP contribution >= 0.6 is 11.3 Å². The monoisotopic (exact) mass is 509 g/mol. The molecular weight excluding hydrogens is 478 g/mol. The molecule has 0 fully saturated rings. The Bertz CT molecular complexity index is 1260. The van der Waals surface area contributed by atoms with Crippen molar-refractivity contribution in [3.63, 3.8) is 0 Å². The number of allylic oxidation sites excluding steroid dienone is 1. The molecular formula is C28H31NO6S. The number of rotatable bonds is 10. The zero-order valence-electron chi connectivity index (χ0n) is 20.8. The number of amides is 1. The number of hydrogen-bond acceptors (Lipinski definition) is 7. The van der Waals surface area contributed by atoms with Gasteiger partial charge in [-0.25, -0.2) is 4.79 Å². The fourth-order valence-corrected chi connectivity index (χ4v) is 5.67. The molecule has 0 radical (unpaired) electrons. The third-order valence-electron chi connectivity index (χ3n) is 6.08. The maximum atomic E-state index is 13.0. The summed E-state index contributed by atoms with van der Waals surface area (Å²) in [7, 11) is 1.59. The summed E-state index contributed by atoms with van der Waals surface area (Å²) < 4.78 is 22.3. The number of nitrogens with one attached hydrogen (secondary N) is 1. The summed E-state index contributed by atoms with van der Waals surface area (Å²) in [6, 6.07) is 8.98. The number of methoxy groups -OCH3 is 1. The van der Waals surface area contributed by atoms with Gasteiger partial charge in [-0.15, -0.1) is 17.9 Å². The predicted octanol–water partition coefficient (Wildman–Crippen LogP) is 6.21. The molecule has 2 aromatic heterocycles. The molecule has 2 heterocycles. The van der Waals surface area contributed by atoms with Crippen molar-refractivity contribution in [3.8, 4) is 11.5 Å². The molecule has 190 valence electrons. The highest BCUT2D eigenvalue weighted by Crippen LogP contribution is 2.40. The van der Waals surface area contributed by atoms with E-state index in [0.29, 0.717) is 33.7 Å². The zero-order chi connectivity index (χ0) is 25.7. The zero-order valence-corrected chi connectivity index (χ0v) is 21.7. The number of ether oxygens (including phenoxy) is 3. The van der Waals surface area contributed by atoms with Gasteiger partial charge in [0.05, 0.1) is 19.3 Å². The van der Waals surface area contributed by atoms with Gasteiger partial charge >= 0.3 is 5.97 Å². The molecule has 4 rings (SSSR count). The molecule has 7 nitrogen and oxygen atoms in total. The molecule has 1 atom stereocenters. The maximum absolute atomic E-state index is 13.0. The smallest absolute Gasteiger partial charge is 0.341 e. The second kappa shape index (κ2) is 11.5. The van der Waals surface area contributed by atoms with Crippen molar-refractivity contribution in [2.75, 3.05) is 19.0 Å². The van der Waals surface area contributed by atoms with Crippen molar-refractivity contribution in [1.29, 1.82) is 0 Å². The van der Waals surface area contributed by atoms with Crippen LogP contribution in [0.5, 0.6) is 11.5 Å². The minimum absolute atomic E-state index is 0.129. The van der Waals surface area contributed by atoms with Crippen molar-refractivity contribution >= 4 is 28.2 Å². The molecule has 3 aromatic rings. The number of carbonyl (C=O) groups is 2. The molecule has 0 spiro atoms. The summed E-state index contributed by atoms with van der Waals surface area (Å²) in [5.41, 5.74) is 2.53. The van der Waals surface area contributed by atoms with Gasteiger partial charge in [0, 0.05) is 4.88 Å². The Kier molecular flexibility index (Phi) is 8.15. The van der Waals surface area contributed by atoms with Gasteiger partial charge in [-0.1, -0.05) is 19.1 Å². The number of hydrogen-bond donors (Lipinski definition) is 1. The molecule has 36 heavy (non-hydrogen) atoms. The van der Waals surface area contributed by atoms with Crippen LogP contribution in [0.25, 0.3) is 0 Å². The topological polar surface area (TPSA) is 87.0 Å². The van der Waals surface area contributed by atoms with Crippen LogP contribution in [0.3, 0.4) is 0 Å². The molecule has 1 amide bonds. The highest BCUT2D eigenvalue weighted by Gasteiger charge is 2.29. The summed E-state index contributed by atoms with van der Waals surface area (Å²) in [6.07, 6.45) is 5.26. The van der Waals surface area contributed by atoms with Gasteiger partial charge in [-0.3, -0.25) is 4.79 Å². The predicted molar refractivity (Wildman–Crippen MR) is 139 cm³/mol. The second-order valence-electron chi connectivity index (χ2n) is 8.76. The summed E-state index contributed by atoms with van der Waals surface area (Å²) in [5, 5.41) is 3.39. The van der Waals surface area contributed by atoms with Crippen molar-refractivity contribution in [2.24, 2.45) is 5.92 Å². The fraction of sp³-hybridized carbons (Fsp3) is 0.357. The Morgan fingerprint density at radius 2 is 2.08 bits per heavy atom. The first-order valence-electron chi connectivity index (χ1n) is 12.1. The first-order valence-corrected chi connectivity index (χ1v) is 12.9. The van der Waals surface area contributed by atoms with E-state index in [1.165, 1.54) is 11.3 Å². The number of fused-ring (bicyclic) bond motifs is 1. The van der Waals surface area contributed by atoms with Crippen LogP contribution in [-0.2, 0) is 30.6 Å². The van der Waals surface area contributed by atoms with Crippen LogP contribution in [-0.4, -0.2) is 25.6 Å². The third kappa shape index (κ3) is 5.65. The van der Waals surface area contributed by atoms with Gasteiger partial charge in [0.25, 0.3) is 5.91 Å². The largest absolute Gasteiger partial charge is 0.493 e. The van der Waals surface area contributed by atoms with E-state index in [1.54, 1.807) is 26.2 Å². The van der Waals surface area contributed by atoms with E-state index in [9.17, 15) is 9.59 Å². The van der Waals surface area contributed by atoms with Crippen LogP contribution in [0.2, 0.25) is 0 Å². The van der Waals surface area contributed by atoms with Gasteiger partial charge < -0.3 is 23.9 Å². The Morgan fingerprint density at radius 1 is 1.25 bits per heavy atom. The van der Waals surface area contributed by atoms with Gasteiger partial charge in [0.1, 0.15) is 17.4 Å². The summed E-state index contributed by atoms with van der Waals surface area (Å²) >= 11 is 1.45. The SMILES string of the molecule is C=CCc1ccc(OCc2ccc(C(=O)Nc3sc4c(c3C(=O)OCC)CCC(C)C4)o2)c(OC)c1. The van der Waals surface area contributed by atoms with E-state index in [-0.39, 0.29) is 19.0 Å². The molecule has 0 saturated heterocycles. The van der Waals surface area contributed by atoms with Crippen molar-refractivity contribution in [3.05, 3.63) is 76.1 Å². The highest BCUT2D eigenvalue weighted by atomic mass is 32.1. The molecule has 0 saturated carbocycles. The Hall–Kier alpha value is -3.52. The van der Waals surface area contributed by atoms with E-state index in [0.717, 1.165) is 41.7 Å². The molecule has 1 aliphatic rings. The van der Waals surface area contributed by atoms with Crippen LogP contribution < -0.4 is 14.8 Å². The minimum atomic E-state index is -0.426. The van der Waals surface area contributed by atoms with E-state index < -0.39 is 11.9 Å². The minimum Gasteiger partial charge on any atom is -0.493 e. The molecule has 1 unspecified atom stereocenters. The maximum Gasteiger partial charge on any atom is 0.341 e. The Labute approximate surface area is 215 Å². The number of anilines is 1. The standard InChI is InChI=1S/C28H31NO6S/c1-5-7-18-9-12-21(23(15-18)32-4)34-16-19-10-13-22(35-19)26(30)29-27-25(28(31)33-6-2)20-11-8-17(3)14-24(20)36-27/h5,9-10,12-13,15,17H,1,6-8,11,14,16H2,2-4H3,(H,29,30). The fourth-order valence-electron chi connectivity index (χ4n) is 4.27. The van der Waals surface area contributed by atoms with Crippen LogP contribution in [0.1, 0.15) is 62.9 Å². The number of esters is 1. The van der Waals surface area contributed by atoms with Crippen LogP contribution in [0.15, 0.2) is 47.4 Å². The summed E-state index contributed by atoms with van der Waals surface area (Å²) in [4.78, 5) is 26.8. The summed E-state index contributed by atoms with van der Waals surface area (Å²) in [5.74, 6) is 1.52. The van der Waals surface area contributed by atoms with Crippen molar-refractivity contribution in [1.82, 2.24) is 0 Å². The van der Waals surface area contributed by atoms with Crippen molar-refractivity contribution < 1.29 is 28.2 Å². The molecule has 1 N–H and O–H groups in total. The number of carbonyl (C=O) groups excluding carboxylic acids is 2. The highest BCUT2D eigenvalue weighted by molar-refractivity contribution is 7.17. The molecule has 0 bridgehead atoms. The first kappa shape index (κ1) is 25.6. The van der Waals surface area contributed by atoms with E-state index in [1.807, 2.05) is 24.3 Å². The Balaban J connectivity index is 1.46. The normalized spacial score (nSPS) is 14.6. The van der Waals surface area contributed by atoms with Gasteiger partial charge in [0.15, 0.2) is 17.3 Å². The van der Waals surface area contributed by atoms with Gasteiger partial charge in [0.2, 0.25) is 0 Å². The van der Waals surface area contributed by atoms with Crippen molar-refractivity contribution in [2.45, 2.75) is 46.1 Å². The van der Waals surface area contributed by atoms with E-state index in [2.05, 4.69) is 18.8 Å². The lowest BCUT2D eigenvalue weighted by Gasteiger charge is -2.18. The van der Waals surface area contributed by atoms with Crippen LogP contribution in [0.4, 0.5) is 5.00 Å². The second-order valence-corrected chi connectivity index (χ2v) is 9.87. The summed E-state index contributed by atoms with van der Waals surface area (Å²) in [6.45, 7) is 8.13. The average Bonchev–Trinajstić information content (AvgIpc) is 3.47. The molecule has 8 heteroatoms. The quantitative estimate of drug-likeness (QED) is 0.258. The molecule has 0 aliphatic heterocycles. The lowest BCUT2D eigenvalue weighted by atomic mass is 9.88. The van der Waals surface area contributed by atoms with Gasteiger partial charge in [-0.05, 0) is 73.9 Å². The molecule has 1 aromatic carbocycles. The van der Waals surface area contributed by atoms with Gasteiger partial charge in [-0.2, -0.15) is 0 Å². The number of benzene rings is 1. The third-order valence-corrected chi connectivity index (χ3v) is 7.25. The van der Waals surface area contributed by atoms with Crippen LogP contribution in [0, 0.1) is 5.92 Å². The lowest BCUT2D eigenvalue weighted by Crippen LogP contribution is -2.16. The van der Waals surface area contributed by atoms with E-state index in [4.69, 9.17) is 18.6 Å². The average molecular weight is 510 g/mol. The lowest BCUT2D eigenvalue weighted by molar-refractivity contribution is 0.0526. The molecule has 1 aliphatic carbocycles.